The van der Waals surface area contributed by atoms with Gasteiger partial charge < -0.3 is 5.32 Å². The summed E-state index contributed by atoms with van der Waals surface area (Å²) < 4.78 is 0. The van der Waals surface area contributed by atoms with Gasteiger partial charge in [-0.05, 0) is 55.1 Å². The lowest BCUT2D eigenvalue weighted by atomic mass is 9.69. The van der Waals surface area contributed by atoms with Crippen LogP contribution < -0.4 is 5.32 Å². The van der Waals surface area contributed by atoms with Gasteiger partial charge in [0, 0.05) is 12.1 Å². The molecule has 1 saturated carbocycles. The van der Waals surface area contributed by atoms with Gasteiger partial charge in [-0.2, -0.15) is 0 Å². The minimum atomic E-state index is 0.367. The molecule has 0 radical (unpaired) electrons. The van der Waals surface area contributed by atoms with E-state index in [1.165, 1.54) is 32.1 Å². The number of hydrogen-bond acceptors (Lipinski definition) is 1. The van der Waals surface area contributed by atoms with E-state index in [2.05, 4.69) is 50.4 Å². The Morgan fingerprint density at radius 1 is 1.21 bits per heavy atom. The fourth-order valence-corrected chi connectivity index (χ4v) is 3.72. The first-order chi connectivity index (χ1) is 9.08. The van der Waals surface area contributed by atoms with Crippen LogP contribution in [0.3, 0.4) is 0 Å². The summed E-state index contributed by atoms with van der Waals surface area (Å²) in [5.74, 6) is 0.907. The van der Waals surface area contributed by atoms with Crippen LogP contribution in [0.25, 0.3) is 0 Å². The van der Waals surface area contributed by atoms with Gasteiger partial charge in [-0.25, -0.2) is 0 Å². The Balaban J connectivity index is 1.84. The monoisotopic (exact) mass is 257 g/mol. The van der Waals surface area contributed by atoms with E-state index in [0.717, 1.165) is 5.92 Å². The Labute approximate surface area is 117 Å². The lowest BCUT2D eigenvalue weighted by molar-refractivity contribution is 0.154. The van der Waals surface area contributed by atoms with Gasteiger partial charge in [-0.1, -0.05) is 44.5 Å². The predicted molar refractivity (Wildman–Crippen MR) is 81.2 cm³/mol. The summed E-state index contributed by atoms with van der Waals surface area (Å²) in [6.45, 7) is 7.24. The molecule has 1 fully saturated rings. The number of aryl methyl sites for hydroxylation is 1. The van der Waals surface area contributed by atoms with E-state index in [4.69, 9.17) is 0 Å². The number of hydrogen-bond donors (Lipinski definition) is 1. The van der Waals surface area contributed by atoms with Crippen LogP contribution in [0.1, 0.15) is 63.6 Å². The molecule has 0 saturated heterocycles. The van der Waals surface area contributed by atoms with Crippen molar-refractivity contribution in [3.8, 4) is 0 Å². The molecule has 2 unspecified atom stereocenters. The van der Waals surface area contributed by atoms with Crippen LogP contribution in [-0.2, 0) is 6.42 Å². The maximum absolute atomic E-state index is 3.97. The van der Waals surface area contributed by atoms with E-state index in [1.54, 1.807) is 11.1 Å². The summed E-state index contributed by atoms with van der Waals surface area (Å²) in [7, 11) is 0. The maximum atomic E-state index is 3.97. The van der Waals surface area contributed by atoms with Crippen molar-refractivity contribution in [2.24, 2.45) is 11.3 Å². The van der Waals surface area contributed by atoms with E-state index >= 15 is 0 Å². The summed E-state index contributed by atoms with van der Waals surface area (Å²) >= 11 is 0. The molecule has 104 valence electrons. The standard InChI is InChI=1S/C18H27N/c1-13(14-8-6-9-14)19-17-16-10-5-4-7-15(16)11-12-18(17,2)3/h4-5,7,10,13-14,17,19H,6,8-9,11-12H2,1-3H3. The molecule has 2 aliphatic carbocycles. The zero-order chi connectivity index (χ0) is 13.5. The zero-order valence-electron chi connectivity index (χ0n) is 12.6. The molecule has 3 rings (SSSR count). The molecule has 0 amide bonds. The zero-order valence-corrected chi connectivity index (χ0v) is 12.6. The second kappa shape index (κ2) is 4.94. The van der Waals surface area contributed by atoms with Crippen molar-refractivity contribution >= 4 is 0 Å². The van der Waals surface area contributed by atoms with Crippen molar-refractivity contribution < 1.29 is 0 Å². The highest BCUT2D eigenvalue weighted by Crippen LogP contribution is 2.44. The molecule has 0 aliphatic heterocycles. The lowest BCUT2D eigenvalue weighted by Crippen LogP contribution is -2.46. The van der Waals surface area contributed by atoms with Gasteiger partial charge >= 0.3 is 0 Å². The minimum Gasteiger partial charge on any atom is -0.307 e. The number of nitrogens with one attached hydrogen (secondary N) is 1. The van der Waals surface area contributed by atoms with Gasteiger partial charge in [-0.3, -0.25) is 0 Å². The van der Waals surface area contributed by atoms with E-state index < -0.39 is 0 Å². The van der Waals surface area contributed by atoms with Crippen LogP contribution in [0.2, 0.25) is 0 Å². The van der Waals surface area contributed by atoms with Crippen molar-refractivity contribution in [1.82, 2.24) is 5.32 Å². The fraction of sp³-hybridized carbons (Fsp3) is 0.667. The average Bonchev–Trinajstić information content (AvgIpc) is 2.31. The van der Waals surface area contributed by atoms with Crippen LogP contribution in [0, 0.1) is 11.3 Å². The van der Waals surface area contributed by atoms with Crippen molar-refractivity contribution in [1.29, 1.82) is 0 Å². The molecule has 0 bridgehead atoms. The van der Waals surface area contributed by atoms with E-state index in [1.807, 2.05) is 0 Å². The molecule has 0 aromatic heterocycles. The Hall–Kier alpha value is -0.820. The summed E-state index contributed by atoms with van der Waals surface area (Å²) in [5.41, 5.74) is 3.47. The van der Waals surface area contributed by atoms with Crippen molar-refractivity contribution in [3.63, 3.8) is 0 Å². The summed E-state index contributed by atoms with van der Waals surface area (Å²) in [5, 5.41) is 3.97. The molecular weight excluding hydrogens is 230 g/mol. The molecular formula is C18H27N. The first kappa shape index (κ1) is 13.2. The number of benzene rings is 1. The molecule has 1 aromatic carbocycles. The highest BCUT2D eigenvalue weighted by molar-refractivity contribution is 5.34. The summed E-state index contributed by atoms with van der Waals surface area (Å²) in [6.07, 6.45) is 6.80. The van der Waals surface area contributed by atoms with Gasteiger partial charge in [0.15, 0.2) is 0 Å². The van der Waals surface area contributed by atoms with E-state index in [0.29, 0.717) is 17.5 Å². The topological polar surface area (TPSA) is 12.0 Å². The second-order valence-electron chi connectivity index (χ2n) is 7.27. The fourth-order valence-electron chi connectivity index (χ4n) is 3.72. The van der Waals surface area contributed by atoms with Crippen LogP contribution in [0.5, 0.6) is 0 Å². The summed E-state index contributed by atoms with van der Waals surface area (Å²) in [4.78, 5) is 0. The smallest absolute Gasteiger partial charge is 0.0376 e. The molecule has 2 aliphatic rings. The molecule has 1 aromatic rings. The van der Waals surface area contributed by atoms with Crippen molar-refractivity contribution in [2.75, 3.05) is 0 Å². The minimum absolute atomic E-state index is 0.367. The molecule has 19 heavy (non-hydrogen) atoms. The third-order valence-corrected chi connectivity index (χ3v) is 5.47. The van der Waals surface area contributed by atoms with Crippen molar-refractivity contribution in [3.05, 3.63) is 35.4 Å². The first-order valence-electron chi connectivity index (χ1n) is 7.92. The molecule has 0 heterocycles. The van der Waals surface area contributed by atoms with Crippen molar-refractivity contribution in [2.45, 2.75) is 65.0 Å². The maximum Gasteiger partial charge on any atom is 0.0376 e. The quantitative estimate of drug-likeness (QED) is 0.842. The normalized spacial score (nSPS) is 27.4. The Kier molecular flexibility index (Phi) is 3.42. The molecule has 1 N–H and O–H groups in total. The van der Waals surface area contributed by atoms with Crippen LogP contribution in [-0.4, -0.2) is 6.04 Å². The third kappa shape index (κ3) is 2.45. The number of fused-ring (bicyclic) bond motifs is 1. The third-order valence-electron chi connectivity index (χ3n) is 5.47. The van der Waals surface area contributed by atoms with Crippen LogP contribution >= 0.6 is 0 Å². The van der Waals surface area contributed by atoms with Gasteiger partial charge in [-0.15, -0.1) is 0 Å². The molecule has 0 spiro atoms. The van der Waals surface area contributed by atoms with Gasteiger partial charge in [0.05, 0.1) is 0 Å². The first-order valence-corrected chi connectivity index (χ1v) is 7.92. The molecule has 1 heteroatoms. The Morgan fingerprint density at radius 3 is 2.63 bits per heavy atom. The second-order valence-corrected chi connectivity index (χ2v) is 7.27. The highest BCUT2D eigenvalue weighted by Gasteiger charge is 2.37. The van der Waals surface area contributed by atoms with Gasteiger partial charge in [0.2, 0.25) is 0 Å². The molecule has 2 atom stereocenters. The van der Waals surface area contributed by atoms with E-state index in [-0.39, 0.29) is 0 Å². The highest BCUT2D eigenvalue weighted by atomic mass is 15.0. The Bertz CT molecular complexity index is 445. The lowest BCUT2D eigenvalue weighted by Gasteiger charge is -2.44. The predicted octanol–water partition coefficient (Wildman–Crippen LogP) is 4.48. The van der Waals surface area contributed by atoms with Gasteiger partial charge in [0.25, 0.3) is 0 Å². The summed E-state index contributed by atoms with van der Waals surface area (Å²) in [6, 6.07) is 10.2. The SMILES string of the molecule is CC(NC1c2ccccc2CCC1(C)C)C1CCC1. The van der Waals surface area contributed by atoms with Crippen LogP contribution in [0.15, 0.2) is 24.3 Å². The van der Waals surface area contributed by atoms with Crippen LogP contribution in [0.4, 0.5) is 0 Å². The van der Waals surface area contributed by atoms with Gasteiger partial charge in [0.1, 0.15) is 0 Å². The molecule has 1 nitrogen and oxygen atoms in total. The number of rotatable bonds is 3. The largest absolute Gasteiger partial charge is 0.307 e. The average molecular weight is 257 g/mol. The Morgan fingerprint density at radius 2 is 1.95 bits per heavy atom. The van der Waals surface area contributed by atoms with E-state index in [9.17, 15) is 0 Å².